The lowest BCUT2D eigenvalue weighted by molar-refractivity contribution is -0.163. The average molecular weight is 227 g/mol. The van der Waals surface area contributed by atoms with Gasteiger partial charge in [-0.3, -0.25) is 4.79 Å². The Morgan fingerprint density at radius 3 is 2.07 bits per heavy atom. The second kappa shape index (κ2) is 4.83. The highest BCUT2D eigenvalue weighted by molar-refractivity contribution is 5.77. The van der Waals surface area contributed by atoms with Crippen LogP contribution in [0.1, 0.15) is 20.8 Å². The van der Waals surface area contributed by atoms with Crippen LogP contribution in [0.25, 0.3) is 0 Å². The number of nitrogens with zero attached hydrogens (tertiary/aromatic N) is 1. The molecule has 1 amide bonds. The van der Waals surface area contributed by atoms with Crippen LogP contribution in [0.4, 0.5) is 13.2 Å². The molecule has 0 atom stereocenters. The maximum absolute atomic E-state index is 11.9. The van der Waals surface area contributed by atoms with E-state index >= 15 is 0 Å². The second-order valence-corrected chi connectivity index (χ2v) is 4.27. The molecule has 0 aromatic carbocycles. The molecule has 0 aliphatic heterocycles. The van der Waals surface area contributed by atoms with Crippen LogP contribution in [-0.4, -0.2) is 42.8 Å². The maximum Gasteiger partial charge on any atom is 0.406 e. The quantitative estimate of drug-likeness (QED) is 0.736. The van der Waals surface area contributed by atoms with Crippen molar-refractivity contribution in [3.05, 3.63) is 0 Å². The van der Waals surface area contributed by atoms with Crippen molar-refractivity contribution in [2.24, 2.45) is 0 Å². The van der Waals surface area contributed by atoms with Gasteiger partial charge in [-0.15, -0.1) is 0 Å². The number of alkyl halides is 3. The summed E-state index contributed by atoms with van der Waals surface area (Å²) in [6.07, 6.45) is -4.37. The largest absolute Gasteiger partial charge is 0.406 e. The van der Waals surface area contributed by atoms with E-state index in [1.165, 1.54) is 0 Å². The summed E-state index contributed by atoms with van der Waals surface area (Å²) in [4.78, 5) is 11.8. The van der Waals surface area contributed by atoms with Gasteiger partial charge in [-0.05, 0) is 20.8 Å². The van der Waals surface area contributed by atoms with Crippen molar-refractivity contribution in [3.63, 3.8) is 0 Å². The van der Waals surface area contributed by atoms with Crippen LogP contribution in [-0.2, 0) is 9.53 Å². The second-order valence-electron chi connectivity index (χ2n) is 4.27. The molecule has 0 radical (unpaired) electrons. The van der Waals surface area contributed by atoms with E-state index in [1.807, 2.05) is 0 Å². The third kappa shape index (κ3) is 8.23. The highest BCUT2D eigenvalue weighted by Gasteiger charge is 2.31. The van der Waals surface area contributed by atoms with E-state index in [1.54, 1.807) is 20.8 Å². The smallest absolute Gasteiger partial charge is 0.366 e. The van der Waals surface area contributed by atoms with E-state index in [0.717, 1.165) is 7.05 Å². The molecule has 0 heterocycles. The number of likely N-dealkylation sites (N-methyl/N-ethyl adjacent to an activating group) is 1. The topological polar surface area (TPSA) is 29.5 Å². The van der Waals surface area contributed by atoms with Gasteiger partial charge in [0.15, 0.2) is 0 Å². The van der Waals surface area contributed by atoms with Crippen LogP contribution in [0.3, 0.4) is 0 Å². The first-order valence-electron chi connectivity index (χ1n) is 4.46. The van der Waals surface area contributed by atoms with E-state index in [2.05, 4.69) is 0 Å². The molecule has 6 heteroatoms. The number of ether oxygens (including phenoxy) is 1. The van der Waals surface area contributed by atoms with Crippen LogP contribution in [0.15, 0.2) is 0 Å². The Hall–Kier alpha value is -0.780. The fourth-order valence-corrected chi connectivity index (χ4v) is 0.746. The first-order chi connectivity index (χ1) is 6.51. The van der Waals surface area contributed by atoms with Crippen molar-refractivity contribution in [2.45, 2.75) is 32.5 Å². The van der Waals surface area contributed by atoms with Crippen LogP contribution < -0.4 is 0 Å². The minimum atomic E-state index is -4.37. The number of halogens is 3. The summed E-state index contributed by atoms with van der Waals surface area (Å²) in [5.41, 5.74) is -0.533. The molecule has 0 aliphatic carbocycles. The summed E-state index contributed by atoms with van der Waals surface area (Å²) < 4.78 is 40.8. The first-order valence-corrected chi connectivity index (χ1v) is 4.46. The molecule has 0 unspecified atom stereocenters. The van der Waals surface area contributed by atoms with Crippen LogP contribution >= 0.6 is 0 Å². The molecule has 0 saturated heterocycles. The van der Waals surface area contributed by atoms with Crippen molar-refractivity contribution in [1.29, 1.82) is 0 Å². The zero-order valence-electron chi connectivity index (χ0n) is 9.31. The van der Waals surface area contributed by atoms with Crippen molar-refractivity contribution >= 4 is 5.91 Å². The molecule has 0 fully saturated rings. The summed E-state index contributed by atoms with van der Waals surface area (Å²) in [7, 11) is 1.10. The number of amides is 1. The molecule has 0 bridgehead atoms. The van der Waals surface area contributed by atoms with E-state index in [4.69, 9.17) is 4.74 Å². The van der Waals surface area contributed by atoms with Crippen molar-refractivity contribution < 1.29 is 22.7 Å². The molecule has 0 aromatic heterocycles. The lowest BCUT2D eigenvalue weighted by atomic mass is 10.2. The summed E-state index contributed by atoms with van der Waals surface area (Å²) >= 11 is 0. The minimum absolute atomic E-state index is 0.337. The molecule has 0 N–H and O–H groups in total. The Labute approximate surface area is 87.2 Å². The first kappa shape index (κ1) is 14.2. The average Bonchev–Trinajstić information content (AvgIpc) is 1.95. The van der Waals surface area contributed by atoms with Gasteiger partial charge in [0.25, 0.3) is 0 Å². The van der Waals surface area contributed by atoms with Gasteiger partial charge in [-0.1, -0.05) is 0 Å². The van der Waals surface area contributed by atoms with E-state index in [9.17, 15) is 18.0 Å². The van der Waals surface area contributed by atoms with Gasteiger partial charge < -0.3 is 9.64 Å². The molecule has 0 aromatic rings. The fourth-order valence-electron chi connectivity index (χ4n) is 0.746. The molecule has 0 aliphatic rings. The Bertz CT molecular complexity index is 220. The zero-order valence-corrected chi connectivity index (χ0v) is 9.31. The van der Waals surface area contributed by atoms with Gasteiger partial charge >= 0.3 is 6.18 Å². The summed E-state index contributed by atoms with van der Waals surface area (Å²) in [5, 5.41) is 0. The molecule has 90 valence electrons. The number of carbonyl (C=O) groups is 1. The van der Waals surface area contributed by atoms with Crippen LogP contribution in [0.5, 0.6) is 0 Å². The van der Waals surface area contributed by atoms with Crippen LogP contribution in [0, 0.1) is 0 Å². The van der Waals surface area contributed by atoms with E-state index in [0.29, 0.717) is 4.90 Å². The number of rotatable bonds is 3. The van der Waals surface area contributed by atoms with Crippen molar-refractivity contribution in [2.75, 3.05) is 20.2 Å². The number of hydrogen-bond acceptors (Lipinski definition) is 2. The van der Waals surface area contributed by atoms with Gasteiger partial charge in [0, 0.05) is 7.05 Å². The monoisotopic (exact) mass is 227 g/mol. The summed E-state index contributed by atoms with van der Waals surface area (Å²) in [6.45, 7) is 3.59. The highest BCUT2D eigenvalue weighted by atomic mass is 19.4. The van der Waals surface area contributed by atoms with Crippen molar-refractivity contribution in [3.8, 4) is 0 Å². The minimum Gasteiger partial charge on any atom is -0.366 e. The Balaban J connectivity index is 4.01. The summed E-state index contributed by atoms with van der Waals surface area (Å²) in [6, 6.07) is 0. The zero-order chi connectivity index (χ0) is 12.3. The lowest BCUT2D eigenvalue weighted by Gasteiger charge is -2.23. The Morgan fingerprint density at radius 2 is 1.73 bits per heavy atom. The molecule has 0 saturated carbocycles. The van der Waals surface area contributed by atoms with Gasteiger partial charge in [0.05, 0.1) is 5.60 Å². The normalized spacial score (nSPS) is 12.7. The summed E-state index contributed by atoms with van der Waals surface area (Å²) in [5.74, 6) is -0.678. The highest BCUT2D eigenvalue weighted by Crippen LogP contribution is 2.16. The number of hydrogen-bond donors (Lipinski definition) is 0. The van der Waals surface area contributed by atoms with Gasteiger partial charge in [-0.25, -0.2) is 0 Å². The predicted molar refractivity (Wildman–Crippen MR) is 49.4 cm³/mol. The lowest BCUT2D eigenvalue weighted by Crippen LogP contribution is -2.39. The molecule has 3 nitrogen and oxygen atoms in total. The molecule has 15 heavy (non-hydrogen) atoms. The Morgan fingerprint density at radius 1 is 1.27 bits per heavy atom. The van der Waals surface area contributed by atoms with Gasteiger partial charge in [0.1, 0.15) is 13.2 Å². The fraction of sp³-hybridized carbons (Fsp3) is 0.889. The standard InChI is InChI=1S/C9H16F3NO2/c1-8(2,3)15-5-7(14)13(4)6-9(10,11)12/h5-6H2,1-4H3. The molecular weight excluding hydrogens is 211 g/mol. The van der Waals surface area contributed by atoms with Gasteiger partial charge in [-0.2, -0.15) is 13.2 Å². The van der Waals surface area contributed by atoms with Crippen molar-refractivity contribution in [1.82, 2.24) is 4.90 Å². The Kier molecular flexibility index (Phi) is 4.58. The van der Waals surface area contributed by atoms with E-state index in [-0.39, 0.29) is 6.61 Å². The predicted octanol–water partition coefficient (Wildman–Crippen LogP) is 1.82. The maximum atomic E-state index is 11.9. The third-order valence-corrected chi connectivity index (χ3v) is 1.47. The molecule has 0 spiro atoms. The van der Waals surface area contributed by atoms with Gasteiger partial charge in [0.2, 0.25) is 5.91 Å². The van der Waals surface area contributed by atoms with Crippen LogP contribution in [0.2, 0.25) is 0 Å². The number of carbonyl (C=O) groups excluding carboxylic acids is 1. The molecule has 0 rings (SSSR count). The molecular formula is C9H16F3NO2. The SMILES string of the molecule is CN(CC(F)(F)F)C(=O)COC(C)(C)C. The third-order valence-electron chi connectivity index (χ3n) is 1.47. The van der Waals surface area contributed by atoms with E-state index < -0.39 is 24.2 Å².